The molecule has 1 aliphatic rings. The lowest BCUT2D eigenvalue weighted by atomic mass is 9.93. The second-order valence-corrected chi connectivity index (χ2v) is 11.4. The molecule has 0 spiro atoms. The van der Waals surface area contributed by atoms with Crippen LogP contribution in [0.1, 0.15) is 85.3 Å². The summed E-state index contributed by atoms with van der Waals surface area (Å²) in [6.45, 7) is 12.7. The van der Waals surface area contributed by atoms with Crippen molar-refractivity contribution in [2.75, 3.05) is 5.75 Å². The molecule has 0 bridgehead atoms. The summed E-state index contributed by atoms with van der Waals surface area (Å²) in [7, 11) is 0. The van der Waals surface area contributed by atoms with Crippen molar-refractivity contribution in [1.29, 1.82) is 0 Å². The summed E-state index contributed by atoms with van der Waals surface area (Å²) in [4.78, 5) is 27.4. The van der Waals surface area contributed by atoms with E-state index in [1.54, 1.807) is 0 Å². The van der Waals surface area contributed by atoms with Crippen molar-refractivity contribution in [2.24, 2.45) is 0 Å². The molecule has 1 aliphatic carbocycles. The minimum absolute atomic E-state index is 0.113. The van der Waals surface area contributed by atoms with Crippen molar-refractivity contribution < 1.29 is 9.53 Å². The number of ether oxygens (including phenoxy) is 1. The summed E-state index contributed by atoms with van der Waals surface area (Å²) >= 11 is 1.51. The molecule has 1 aromatic carbocycles. The molecule has 0 saturated heterocycles. The fourth-order valence-corrected chi connectivity index (χ4v) is 4.10. The van der Waals surface area contributed by atoms with E-state index in [9.17, 15) is 4.79 Å². The van der Waals surface area contributed by atoms with Crippen molar-refractivity contribution >= 4 is 17.7 Å². The topological polar surface area (TPSA) is 65.0 Å². The Morgan fingerprint density at radius 2 is 1.45 bits per heavy atom. The Morgan fingerprint density at radius 3 is 1.97 bits per heavy atom. The van der Waals surface area contributed by atoms with Gasteiger partial charge in [-0.25, -0.2) is 15.0 Å². The van der Waals surface area contributed by atoms with Crippen LogP contribution in [0.15, 0.2) is 29.2 Å². The van der Waals surface area contributed by atoms with Gasteiger partial charge in [-0.1, -0.05) is 60.1 Å². The third kappa shape index (κ3) is 6.76. The van der Waals surface area contributed by atoms with E-state index in [0.29, 0.717) is 11.6 Å². The lowest BCUT2D eigenvalue weighted by Crippen LogP contribution is -2.24. The van der Waals surface area contributed by atoms with E-state index in [0.717, 1.165) is 47.8 Å². The van der Waals surface area contributed by atoms with Crippen molar-refractivity contribution in [2.45, 2.75) is 95.5 Å². The number of carbonyl (C=O) groups excluding carboxylic acids is 1. The smallest absolute Gasteiger partial charge is 0.316 e. The monoisotopic (exact) mass is 441 g/mol. The molecule has 1 saturated carbocycles. The number of esters is 1. The van der Waals surface area contributed by atoms with Crippen molar-refractivity contribution in [3.8, 4) is 11.4 Å². The molecule has 0 radical (unpaired) electrons. The van der Waals surface area contributed by atoms with E-state index >= 15 is 0 Å². The zero-order valence-electron chi connectivity index (χ0n) is 19.7. The van der Waals surface area contributed by atoms with Crippen LogP contribution in [0.25, 0.3) is 11.4 Å². The maximum Gasteiger partial charge on any atom is 0.316 e. The Bertz CT molecular complexity index is 860. The average molecular weight is 442 g/mol. The molecular formula is C25H35N3O2S. The predicted octanol–water partition coefficient (Wildman–Crippen LogP) is 6.10. The molecule has 168 valence electrons. The van der Waals surface area contributed by atoms with Crippen LogP contribution in [0.4, 0.5) is 0 Å². The van der Waals surface area contributed by atoms with Crippen molar-refractivity contribution in [1.82, 2.24) is 15.0 Å². The maximum absolute atomic E-state index is 12.2. The van der Waals surface area contributed by atoms with Gasteiger partial charge in [-0.3, -0.25) is 4.79 Å². The summed E-state index contributed by atoms with van der Waals surface area (Å²) in [6.07, 6.45) is 5.70. The lowest BCUT2D eigenvalue weighted by molar-refractivity contribution is -0.147. The Hall–Kier alpha value is -1.95. The van der Waals surface area contributed by atoms with Crippen molar-refractivity contribution in [3.05, 3.63) is 35.9 Å². The van der Waals surface area contributed by atoms with Gasteiger partial charge in [0.1, 0.15) is 17.8 Å². The largest absolute Gasteiger partial charge is 0.462 e. The van der Waals surface area contributed by atoms with Crippen LogP contribution in [0.3, 0.4) is 0 Å². The standard InChI is InChI=1S/C25H35N3O2S/c1-24(2,3)22-26-21(27-23(28-22)25(4,5)6)17-12-14-19(15-13-17)31-16-20(29)30-18-10-8-7-9-11-18/h12-15,18H,7-11,16H2,1-6H3. The zero-order chi connectivity index (χ0) is 22.6. The molecule has 0 unspecified atom stereocenters. The molecule has 6 heteroatoms. The third-order valence-corrected chi connectivity index (χ3v) is 6.28. The zero-order valence-corrected chi connectivity index (χ0v) is 20.5. The number of rotatable bonds is 5. The van der Waals surface area contributed by atoms with Crippen LogP contribution in [-0.4, -0.2) is 32.8 Å². The number of hydrogen-bond acceptors (Lipinski definition) is 6. The first-order valence-corrected chi connectivity index (χ1v) is 12.2. The Balaban J connectivity index is 1.70. The van der Waals surface area contributed by atoms with Crippen LogP contribution in [0.5, 0.6) is 0 Å². The molecule has 2 aromatic rings. The van der Waals surface area contributed by atoms with Crippen LogP contribution in [-0.2, 0) is 20.4 Å². The third-order valence-electron chi connectivity index (χ3n) is 5.30. The highest BCUT2D eigenvalue weighted by Gasteiger charge is 2.25. The van der Waals surface area contributed by atoms with Gasteiger partial charge in [-0.15, -0.1) is 11.8 Å². The highest BCUT2D eigenvalue weighted by Crippen LogP contribution is 2.28. The number of thioether (sulfide) groups is 1. The number of hydrogen-bond donors (Lipinski definition) is 0. The van der Waals surface area contributed by atoms with Crippen LogP contribution in [0, 0.1) is 0 Å². The van der Waals surface area contributed by atoms with E-state index < -0.39 is 0 Å². The number of nitrogens with zero attached hydrogens (tertiary/aromatic N) is 3. The van der Waals surface area contributed by atoms with Gasteiger partial charge in [0, 0.05) is 21.3 Å². The first kappa shape index (κ1) is 23.7. The van der Waals surface area contributed by atoms with Gasteiger partial charge in [0.15, 0.2) is 5.82 Å². The Morgan fingerprint density at radius 1 is 0.903 bits per heavy atom. The predicted molar refractivity (Wildman–Crippen MR) is 126 cm³/mol. The first-order valence-electron chi connectivity index (χ1n) is 11.2. The second-order valence-electron chi connectivity index (χ2n) is 10.4. The van der Waals surface area contributed by atoms with Gasteiger partial charge in [-0.2, -0.15) is 0 Å². The van der Waals surface area contributed by atoms with E-state index in [-0.39, 0.29) is 22.9 Å². The van der Waals surface area contributed by atoms with Gasteiger partial charge >= 0.3 is 5.97 Å². The van der Waals surface area contributed by atoms with Gasteiger partial charge in [0.25, 0.3) is 0 Å². The van der Waals surface area contributed by atoms with Gasteiger partial charge < -0.3 is 4.74 Å². The summed E-state index contributed by atoms with van der Waals surface area (Å²) in [5.41, 5.74) is 0.630. The first-order chi connectivity index (χ1) is 14.5. The quantitative estimate of drug-likeness (QED) is 0.412. The summed E-state index contributed by atoms with van der Waals surface area (Å²) in [6, 6.07) is 8.07. The van der Waals surface area contributed by atoms with Gasteiger partial charge in [0.2, 0.25) is 0 Å². The minimum Gasteiger partial charge on any atom is -0.462 e. The molecular weight excluding hydrogens is 406 g/mol. The molecule has 1 heterocycles. The second kappa shape index (κ2) is 9.68. The van der Waals surface area contributed by atoms with Gasteiger partial charge in [0.05, 0.1) is 5.75 Å². The maximum atomic E-state index is 12.2. The molecule has 31 heavy (non-hydrogen) atoms. The molecule has 0 aliphatic heterocycles. The Kier molecular flexibility index (Phi) is 7.40. The van der Waals surface area contributed by atoms with Crippen LogP contribution >= 0.6 is 11.8 Å². The summed E-state index contributed by atoms with van der Waals surface area (Å²) < 4.78 is 5.61. The molecule has 0 atom stereocenters. The van der Waals surface area contributed by atoms with E-state index in [4.69, 9.17) is 19.7 Å². The SMILES string of the molecule is CC(C)(C)c1nc(-c2ccc(SCC(=O)OC3CCCCC3)cc2)nc(C(C)(C)C)n1. The summed E-state index contributed by atoms with van der Waals surface area (Å²) in [5, 5.41) is 0. The molecule has 1 fully saturated rings. The number of carbonyl (C=O) groups is 1. The Labute approximate surface area is 190 Å². The number of aromatic nitrogens is 3. The molecule has 0 amide bonds. The lowest BCUT2D eigenvalue weighted by Gasteiger charge is -2.22. The highest BCUT2D eigenvalue weighted by molar-refractivity contribution is 8.00. The normalized spacial score (nSPS) is 15.7. The summed E-state index contributed by atoms with van der Waals surface area (Å²) in [5.74, 6) is 2.50. The average Bonchev–Trinajstić information content (AvgIpc) is 2.72. The fourth-order valence-electron chi connectivity index (χ4n) is 3.42. The van der Waals surface area contributed by atoms with Crippen molar-refractivity contribution in [3.63, 3.8) is 0 Å². The van der Waals surface area contributed by atoms with Crippen LogP contribution in [0.2, 0.25) is 0 Å². The molecule has 3 rings (SSSR count). The van der Waals surface area contributed by atoms with Crippen LogP contribution < -0.4 is 0 Å². The fraction of sp³-hybridized carbons (Fsp3) is 0.600. The molecule has 5 nitrogen and oxygen atoms in total. The van der Waals surface area contributed by atoms with E-state index in [1.165, 1.54) is 18.2 Å². The van der Waals surface area contributed by atoms with Gasteiger partial charge in [-0.05, 0) is 37.8 Å². The minimum atomic E-state index is -0.161. The van der Waals surface area contributed by atoms with E-state index in [2.05, 4.69) is 41.5 Å². The molecule has 0 N–H and O–H groups in total. The highest BCUT2D eigenvalue weighted by atomic mass is 32.2. The molecule has 1 aromatic heterocycles. The van der Waals surface area contributed by atoms with E-state index in [1.807, 2.05) is 24.3 Å². The number of benzene rings is 1.